The molecule has 0 atom stereocenters. The largest absolute Gasteiger partial charge is 0.504 e. The molecular weight excluding hydrogens is 371 g/mol. The first-order valence-electron chi connectivity index (χ1n) is 6.69. The van der Waals surface area contributed by atoms with Crippen LogP contribution in [-0.4, -0.2) is 21.3 Å². The molecule has 2 aromatic carbocycles. The highest BCUT2D eigenvalue weighted by Gasteiger charge is 2.24. The van der Waals surface area contributed by atoms with Crippen molar-refractivity contribution >= 4 is 57.8 Å². The van der Waals surface area contributed by atoms with E-state index in [1.807, 2.05) is 0 Å². The van der Waals surface area contributed by atoms with E-state index in [0.29, 0.717) is 31.4 Å². The van der Waals surface area contributed by atoms with E-state index in [1.165, 1.54) is 12.1 Å². The van der Waals surface area contributed by atoms with Gasteiger partial charge in [-0.2, -0.15) is 0 Å². The third-order valence-corrected chi connectivity index (χ3v) is 4.53. The first-order valence-corrected chi connectivity index (χ1v) is 8.26. The Kier molecular flexibility index (Phi) is 4.71. The number of hydrogen-bond donors (Lipinski definition) is 3. The number of amidine groups is 1. The predicted molar refractivity (Wildman–Crippen MR) is 97.0 cm³/mol. The summed E-state index contributed by atoms with van der Waals surface area (Å²) >= 11 is 13.0. The highest BCUT2D eigenvalue weighted by Crippen LogP contribution is 2.33. The van der Waals surface area contributed by atoms with Gasteiger partial charge < -0.3 is 15.5 Å². The molecule has 8 heteroatoms. The molecule has 1 amide bonds. The van der Waals surface area contributed by atoms with Gasteiger partial charge in [-0.25, -0.2) is 4.99 Å². The minimum absolute atomic E-state index is 0.222. The van der Waals surface area contributed by atoms with Gasteiger partial charge in [0.2, 0.25) is 0 Å². The van der Waals surface area contributed by atoms with Crippen LogP contribution in [0, 0.1) is 0 Å². The molecule has 0 aromatic heterocycles. The van der Waals surface area contributed by atoms with Gasteiger partial charge in [0.25, 0.3) is 5.91 Å². The van der Waals surface area contributed by atoms with Gasteiger partial charge in [0.1, 0.15) is 0 Å². The molecule has 1 aliphatic rings. The van der Waals surface area contributed by atoms with Gasteiger partial charge in [-0.05, 0) is 53.7 Å². The molecule has 3 rings (SSSR count). The Hall–Kier alpha value is -2.15. The maximum Gasteiger partial charge on any atom is 0.264 e. The van der Waals surface area contributed by atoms with E-state index in [-0.39, 0.29) is 17.4 Å². The topological polar surface area (TPSA) is 81.9 Å². The number of halogens is 2. The number of carbonyl (C=O) groups is 1. The van der Waals surface area contributed by atoms with Crippen molar-refractivity contribution in [2.24, 2.45) is 4.99 Å². The maximum atomic E-state index is 12.0. The van der Waals surface area contributed by atoms with Crippen LogP contribution in [0.3, 0.4) is 0 Å². The van der Waals surface area contributed by atoms with Crippen LogP contribution in [0.25, 0.3) is 6.08 Å². The second kappa shape index (κ2) is 6.76. The van der Waals surface area contributed by atoms with Crippen LogP contribution in [-0.2, 0) is 4.79 Å². The van der Waals surface area contributed by atoms with Crippen molar-refractivity contribution in [1.82, 2.24) is 5.32 Å². The minimum atomic E-state index is -0.309. The van der Waals surface area contributed by atoms with Gasteiger partial charge in [0.05, 0.1) is 15.6 Å². The molecule has 0 saturated carbocycles. The lowest BCUT2D eigenvalue weighted by Gasteiger charge is -2.00. The number of carbonyl (C=O) groups excluding carboxylic acids is 1. The zero-order chi connectivity index (χ0) is 17.3. The summed E-state index contributed by atoms with van der Waals surface area (Å²) < 4.78 is 0. The molecule has 5 nitrogen and oxygen atoms in total. The van der Waals surface area contributed by atoms with Crippen molar-refractivity contribution in [2.75, 3.05) is 0 Å². The molecule has 0 aliphatic carbocycles. The molecule has 1 saturated heterocycles. The molecular formula is C16H10Cl2N2O3S. The number of thioether (sulfide) groups is 1. The molecule has 0 unspecified atom stereocenters. The Morgan fingerprint density at radius 3 is 2.58 bits per heavy atom. The van der Waals surface area contributed by atoms with E-state index in [0.717, 1.165) is 11.8 Å². The van der Waals surface area contributed by atoms with Gasteiger partial charge in [0, 0.05) is 5.02 Å². The molecule has 0 bridgehead atoms. The molecule has 122 valence electrons. The Balaban J connectivity index is 1.86. The van der Waals surface area contributed by atoms with Crippen LogP contribution in [0.5, 0.6) is 11.5 Å². The summed E-state index contributed by atoms with van der Waals surface area (Å²) in [5.41, 5.74) is 1.07. The van der Waals surface area contributed by atoms with Crippen molar-refractivity contribution in [1.29, 1.82) is 0 Å². The maximum absolute atomic E-state index is 12.0. The van der Waals surface area contributed by atoms with E-state index in [2.05, 4.69) is 10.3 Å². The summed E-state index contributed by atoms with van der Waals surface area (Å²) in [5, 5.41) is 22.7. The van der Waals surface area contributed by atoms with Gasteiger partial charge in [0.15, 0.2) is 16.7 Å². The van der Waals surface area contributed by atoms with E-state index >= 15 is 0 Å². The van der Waals surface area contributed by atoms with Crippen LogP contribution >= 0.6 is 35.0 Å². The number of nitrogens with zero attached hydrogens (tertiary/aromatic N) is 1. The van der Waals surface area contributed by atoms with Gasteiger partial charge >= 0.3 is 0 Å². The molecule has 0 spiro atoms. The lowest BCUT2D eigenvalue weighted by Crippen LogP contribution is -2.19. The summed E-state index contributed by atoms with van der Waals surface area (Å²) in [6, 6.07) is 9.18. The van der Waals surface area contributed by atoms with Gasteiger partial charge in [-0.15, -0.1) is 0 Å². The van der Waals surface area contributed by atoms with E-state index in [1.54, 1.807) is 30.3 Å². The first-order chi connectivity index (χ1) is 11.4. The van der Waals surface area contributed by atoms with Crippen molar-refractivity contribution < 1.29 is 15.0 Å². The van der Waals surface area contributed by atoms with Crippen molar-refractivity contribution in [3.63, 3.8) is 0 Å². The predicted octanol–water partition coefficient (Wildman–Crippen LogP) is 4.30. The van der Waals surface area contributed by atoms with E-state index in [9.17, 15) is 15.0 Å². The van der Waals surface area contributed by atoms with Crippen molar-refractivity contribution in [3.05, 3.63) is 56.9 Å². The lowest BCUT2D eigenvalue weighted by atomic mass is 10.2. The highest BCUT2D eigenvalue weighted by molar-refractivity contribution is 8.18. The number of hydrogen-bond acceptors (Lipinski definition) is 5. The average molecular weight is 381 g/mol. The van der Waals surface area contributed by atoms with Crippen molar-refractivity contribution in [2.45, 2.75) is 0 Å². The smallest absolute Gasteiger partial charge is 0.264 e. The van der Waals surface area contributed by atoms with Crippen molar-refractivity contribution in [3.8, 4) is 11.5 Å². The van der Waals surface area contributed by atoms with E-state index < -0.39 is 0 Å². The zero-order valence-corrected chi connectivity index (χ0v) is 14.3. The quantitative estimate of drug-likeness (QED) is 0.535. The Bertz CT molecular complexity index is 897. The molecule has 0 radical (unpaired) electrons. The fraction of sp³-hybridized carbons (Fsp3) is 0. The molecule has 24 heavy (non-hydrogen) atoms. The zero-order valence-electron chi connectivity index (χ0n) is 12.0. The minimum Gasteiger partial charge on any atom is -0.504 e. The molecule has 1 fully saturated rings. The molecule has 3 N–H and O–H groups in total. The second-order valence-electron chi connectivity index (χ2n) is 4.83. The number of aromatic hydroxyl groups is 2. The first kappa shape index (κ1) is 16.7. The fourth-order valence-corrected chi connectivity index (χ4v) is 3.23. The number of aliphatic imine (C=N–C) groups is 1. The fourth-order valence-electron chi connectivity index (χ4n) is 1.94. The van der Waals surface area contributed by atoms with Crippen LogP contribution in [0.15, 0.2) is 46.3 Å². The summed E-state index contributed by atoms with van der Waals surface area (Å²) in [4.78, 5) is 16.7. The number of amides is 1. The standard InChI is InChI=1S/C16H10Cl2N2O3S/c17-9-2-3-11(10(18)7-9)19-16-20-15(23)14(24-16)6-8-1-4-12(21)13(22)5-8/h1-7,21-22H,(H,19,20,23)/b14-6-. The summed E-state index contributed by atoms with van der Waals surface area (Å²) in [5.74, 6) is -0.786. The molecule has 1 heterocycles. The normalized spacial score (nSPS) is 17.5. The number of rotatable bonds is 2. The Morgan fingerprint density at radius 2 is 1.88 bits per heavy atom. The monoisotopic (exact) mass is 380 g/mol. The van der Waals surface area contributed by atoms with Gasteiger partial charge in [-0.1, -0.05) is 29.3 Å². The second-order valence-corrected chi connectivity index (χ2v) is 6.70. The van der Waals surface area contributed by atoms with Gasteiger partial charge in [-0.3, -0.25) is 4.79 Å². The number of nitrogens with one attached hydrogen (secondary N) is 1. The third kappa shape index (κ3) is 3.67. The van der Waals surface area contributed by atoms with Crippen LogP contribution in [0.1, 0.15) is 5.56 Å². The molecule has 1 aliphatic heterocycles. The summed E-state index contributed by atoms with van der Waals surface area (Å²) in [6.45, 7) is 0. The SMILES string of the molecule is O=C1NC(=Nc2ccc(Cl)cc2Cl)S/C1=C\c1ccc(O)c(O)c1. The molecule has 2 aromatic rings. The highest BCUT2D eigenvalue weighted by atomic mass is 35.5. The van der Waals surface area contributed by atoms with Crippen LogP contribution in [0.2, 0.25) is 10.0 Å². The number of benzene rings is 2. The number of phenols is 2. The van der Waals surface area contributed by atoms with Crippen LogP contribution < -0.4 is 5.32 Å². The Labute approximate surface area is 151 Å². The number of phenolic OH excluding ortho intramolecular Hbond substituents is 2. The lowest BCUT2D eigenvalue weighted by molar-refractivity contribution is -0.115. The van der Waals surface area contributed by atoms with Crippen LogP contribution in [0.4, 0.5) is 5.69 Å². The summed E-state index contributed by atoms with van der Waals surface area (Å²) in [6.07, 6.45) is 1.59. The average Bonchev–Trinajstić information content (AvgIpc) is 2.86. The summed E-state index contributed by atoms with van der Waals surface area (Å²) in [7, 11) is 0. The Morgan fingerprint density at radius 1 is 1.08 bits per heavy atom. The third-order valence-electron chi connectivity index (χ3n) is 3.08. The van der Waals surface area contributed by atoms with E-state index in [4.69, 9.17) is 23.2 Å².